The minimum Gasteiger partial charge on any atom is -0.384 e. The van der Waals surface area contributed by atoms with E-state index in [1.165, 1.54) is 0 Å². The van der Waals surface area contributed by atoms with Crippen molar-refractivity contribution in [3.05, 3.63) is 10.4 Å². The van der Waals surface area contributed by atoms with Gasteiger partial charge in [-0.3, -0.25) is 5.32 Å². The molecule has 0 atom stereocenters. The number of methoxy groups -OCH3 is 1. The number of piperidine rings is 1. The molecule has 1 aromatic rings. The van der Waals surface area contributed by atoms with Gasteiger partial charge in [-0.1, -0.05) is 20.8 Å². The number of urea groups is 1. The number of hydrogen-bond acceptors (Lipinski definition) is 4. The van der Waals surface area contributed by atoms with Crippen molar-refractivity contribution >= 4 is 23.2 Å². The number of nitrogens with zero attached hydrogens (tertiary/aromatic N) is 2. The number of amides is 2. The van der Waals surface area contributed by atoms with E-state index in [0.29, 0.717) is 11.7 Å². The first kappa shape index (κ1) is 16.2. The van der Waals surface area contributed by atoms with E-state index >= 15 is 0 Å². The van der Waals surface area contributed by atoms with Gasteiger partial charge in [0.15, 0.2) is 0 Å². The first-order chi connectivity index (χ1) is 9.95. The Hall–Kier alpha value is -1.14. The molecule has 0 bridgehead atoms. The summed E-state index contributed by atoms with van der Waals surface area (Å²) in [7, 11) is 1.74. The molecule has 118 valence electrons. The lowest BCUT2D eigenvalue weighted by Crippen LogP contribution is -2.45. The number of hydrogen-bond donors (Lipinski definition) is 1. The number of aromatic nitrogens is 1. The van der Waals surface area contributed by atoms with Crippen LogP contribution < -0.4 is 5.32 Å². The zero-order valence-electron chi connectivity index (χ0n) is 13.3. The van der Waals surface area contributed by atoms with Crippen LogP contribution in [0.25, 0.3) is 0 Å². The smallest absolute Gasteiger partial charge is 0.323 e. The summed E-state index contributed by atoms with van der Waals surface area (Å²) < 4.78 is 5.28. The van der Waals surface area contributed by atoms with E-state index in [1.54, 1.807) is 24.0 Å². The van der Waals surface area contributed by atoms with Gasteiger partial charge < -0.3 is 9.64 Å². The molecule has 21 heavy (non-hydrogen) atoms. The second-order valence-electron chi connectivity index (χ2n) is 6.38. The number of anilines is 1. The molecule has 2 heterocycles. The Bertz CT molecular complexity index is 479. The molecule has 1 aliphatic rings. The molecular formula is C15H25N3O2S. The van der Waals surface area contributed by atoms with Crippen LogP contribution in [0, 0.1) is 5.41 Å². The maximum absolute atomic E-state index is 12.4. The number of thiazole rings is 1. The highest BCUT2D eigenvalue weighted by molar-refractivity contribution is 7.10. The number of rotatable bonds is 4. The van der Waals surface area contributed by atoms with Gasteiger partial charge in [-0.25, -0.2) is 9.78 Å². The van der Waals surface area contributed by atoms with E-state index in [1.807, 2.05) is 4.90 Å². The second-order valence-corrected chi connectivity index (χ2v) is 7.27. The van der Waals surface area contributed by atoms with Gasteiger partial charge in [0.05, 0.1) is 17.0 Å². The molecule has 0 saturated carbocycles. The molecule has 1 aliphatic heterocycles. The standard InChI is InChI=1S/C15H25N3O2S/c1-11(2)12-13(16-10-21-12)17-14(19)18-7-5-15(3,6-8-18)9-20-4/h10-11H,5-9H2,1-4H3,(H,17,19). The van der Waals surface area contributed by atoms with E-state index < -0.39 is 0 Å². The molecule has 0 spiro atoms. The fourth-order valence-electron chi connectivity index (χ4n) is 2.68. The van der Waals surface area contributed by atoms with Crippen molar-refractivity contribution in [1.82, 2.24) is 9.88 Å². The summed E-state index contributed by atoms with van der Waals surface area (Å²) in [5.74, 6) is 1.09. The van der Waals surface area contributed by atoms with Crippen molar-refractivity contribution in [2.45, 2.75) is 39.5 Å². The van der Waals surface area contributed by atoms with Crippen LogP contribution >= 0.6 is 11.3 Å². The molecule has 0 aromatic carbocycles. The zero-order chi connectivity index (χ0) is 15.5. The molecule has 5 nitrogen and oxygen atoms in total. The average molecular weight is 311 g/mol. The van der Waals surface area contributed by atoms with E-state index in [-0.39, 0.29) is 11.4 Å². The lowest BCUT2D eigenvalue weighted by molar-refractivity contribution is 0.0452. The summed E-state index contributed by atoms with van der Waals surface area (Å²) in [4.78, 5) is 19.6. The van der Waals surface area contributed by atoms with Crippen LogP contribution in [0.3, 0.4) is 0 Å². The highest BCUT2D eigenvalue weighted by atomic mass is 32.1. The van der Waals surface area contributed by atoms with Crippen molar-refractivity contribution in [3.8, 4) is 0 Å². The largest absolute Gasteiger partial charge is 0.384 e. The molecule has 0 radical (unpaired) electrons. The summed E-state index contributed by atoms with van der Waals surface area (Å²) in [6.07, 6.45) is 1.95. The predicted octanol–water partition coefficient (Wildman–Crippen LogP) is 3.55. The normalized spacial score (nSPS) is 18.0. The van der Waals surface area contributed by atoms with Gasteiger partial charge in [0.2, 0.25) is 0 Å². The molecule has 1 fully saturated rings. The lowest BCUT2D eigenvalue weighted by atomic mass is 9.81. The first-order valence-corrected chi connectivity index (χ1v) is 8.31. The highest BCUT2D eigenvalue weighted by Crippen LogP contribution is 2.32. The van der Waals surface area contributed by atoms with Crippen LogP contribution in [0.2, 0.25) is 0 Å². The highest BCUT2D eigenvalue weighted by Gasteiger charge is 2.32. The Morgan fingerprint density at radius 1 is 1.52 bits per heavy atom. The number of carbonyl (C=O) groups is 1. The van der Waals surface area contributed by atoms with Crippen molar-refractivity contribution in [3.63, 3.8) is 0 Å². The minimum absolute atomic E-state index is 0.0396. The lowest BCUT2D eigenvalue weighted by Gasteiger charge is -2.38. The molecule has 2 rings (SSSR count). The second kappa shape index (κ2) is 6.75. The average Bonchev–Trinajstić information content (AvgIpc) is 2.87. The topological polar surface area (TPSA) is 54.5 Å². The summed E-state index contributed by atoms with van der Waals surface area (Å²) in [5.41, 5.74) is 1.98. The molecule has 1 aromatic heterocycles. The third-order valence-electron chi connectivity index (χ3n) is 4.10. The molecule has 1 N–H and O–H groups in total. The first-order valence-electron chi connectivity index (χ1n) is 7.43. The van der Waals surface area contributed by atoms with Gasteiger partial charge in [-0.2, -0.15) is 0 Å². The molecule has 0 unspecified atom stereocenters. The zero-order valence-corrected chi connectivity index (χ0v) is 14.1. The number of ether oxygens (including phenoxy) is 1. The van der Waals surface area contributed by atoms with Crippen molar-refractivity contribution in [2.24, 2.45) is 5.41 Å². The van der Waals surface area contributed by atoms with Gasteiger partial charge in [-0.15, -0.1) is 11.3 Å². The minimum atomic E-state index is -0.0396. The number of likely N-dealkylation sites (tertiary alicyclic amines) is 1. The van der Waals surface area contributed by atoms with Crippen LogP contribution in [0.5, 0.6) is 0 Å². The van der Waals surface area contributed by atoms with E-state index in [0.717, 1.165) is 37.4 Å². The third-order valence-corrected chi connectivity index (χ3v) is 5.22. The van der Waals surface area contributed by atoms with Crippen molar-refractivity contribution in [2.75, 3.05) is 32.1 Å². The van der Waals surface area contributed by atoms with Gasteiger partial charge in [0.25, 0.3) is 0 Å². The monoisotopic (exact) mass is 311 g/mol. The van der Waals surface area contributed by atoms with Gasteiger partial charge in [-0.05, 0) is 24.2 Å². The Morgan fingerprint density at radius 3 is 2.76 bits per heavy atom. The predicted molar refractivity (Wildman–Crippen MR) is 86.0 cm³/mol. The quantitative estimate of drug-likeness (QED) is 0.925. The van der Waals surface area contributed by atoms with E-state index in [4.69, 9.17) is 4.74 Å². The van der Waals surface area contributed by atoms with E-state index in [9.17, 15) is 4.79 Å². The molecule has 6 heteroatoms. The number of nitrogens with one attached hydrogen (secondary N) is 1. The van der Waals surface area contributed by atoms with Crippen LogP contribution in [0.15, 0.2) is 5.51 Å². The van der Waals surface area contributed by atoms with Crippen molar-refractivity contribution < 1.29 is 9.53 Å². The van der Waals surface area contributed by atoms with Crippen LogP contribution in [-0.4, -0.2) is 42.7 Å². The molecule has 2 amide bonds. The molecular weight excluding hydrogens is 286 g/mol. The van der Waals surface area contributed by atoms with Gasteiger partial charge in [0, 0.05) is 20.2 Å². The van der Waals surface area contributed by atoms with Crippen molar-refractivity contribution in [1.29, 1.82) is 0 Å². The Kier molecular flexibility index (Phi) is 5.22. The maximum atomic E-state index is 12.4. The number of carbonyl (C=O) groups excluding carboxylic acids is 1. The Balaban J connectivity index is 1.92. The SMILES string of the molecule is COCC1(C)CCN(C(=O)Nc2ncsc2C(C)C)CC1. The van der Waals surface area contributed by atoms with Gasteiger partial charge in [0.1, 0.15) is 5.82 Å². The fourth-order valence-corrected chi connectivity index (χ4v) is 3.44. The summed E-state index contributed by atoms with van der Waals surface area (Å²) in [6.45, 7) is 8.75. The summed E-state index contributed by atoms with van der Waals surface area (Å²) in [6, 6.07) is -0.0396. The van der Waals surface area contributed by atoms with Gasteiger partial charge >= 0.3 is 6.03 Å². The van der Waals surface area contributed by atoms with Crippen LogP contribution in [0.1, 0.15) is 44.4 Å². The Labute approximate surface area is 130 Å². The Morgan fingerprint density at radius 2 is 2.19 bits per heavy atom. The fraction of sp³-hybridized carbons (Fsp3) is 0.733. The van der Waals surface area contributed by atoms with Crippen LogP contribution in [0.4, 0.5) is 10.6 Å². The maximum Gasteiger partial charge on any atom is 0.323 e. The molecule has 1 saturated heterocycles. The molecule has 0 aliphatic carbocycles. The van der Waals surface area contributed by atoms with E-state index in [2.05, 4.69) is 31.1 Å². The summed E-state index contributed by atoms with van der Waals surface area (Å²) in [5, 5.41) is 2.96. The van der Waals surface area contributed by atoms with Crippen LogP contribution in [-0.2, 0) is 4.74 Å². The third kappa shape index (κ3) is 3.95. The summed E-state index contributed by atoms with van der Waals surface area (Å²) >= 11 is 1.59.